The molecule has 3 nitrogen and oxygen atoms in total. The van der Waals surface area contributed by atoms with E-state index in [0.29, 0.717) is 5.56 Å². The molecule has 0 saturated carbocycles. The average molecular weight is 332 g/mol. The quantitative estimate of drug-likeness (QED) is 0.919. The largest absolute Gasteiger partial charge is 0.375 e. The Labute approximate surface area is 126 Å². The highest BCUT2D eigenvalue weighted by molar-refractivity contribution is 9.10. The number of para-hydroxylation sites is 1. The molecule has 1 aliphatic rings. The lowest BCUT2D eigenvalue weighted by Gasteiger charge is -2.22. The van der Waals surface area contributed by atoms with Gasteiger partial charge in [0.2, 0.25) is 0 Å². The number of hydrogen-bond acceptors (Lipinski definition) is 2. The van der Waals surface area contributed by atoms with Crippen LogP contribution in [0.3, 0.4) is 0 Å². The normalized spacial score (nSPS) is 21.1. The highest BCUT2D eigenvalue weighted by atomic mass is 79.9. The fourth-order valence-corrected chi connectivity index (χ4v) is 2.95. The van der Waals surface area contributed by atoms with E-state index in [4.69, 9.17) is 0 Å². The lowest BCUT2D eigenvalue weighted by molar-refractivity contribution is -0.135. The number of carbonyl (C=O) groups is 1. The molecule has 0 aliphatic carbocycles. The van der Waals surface area contributed by atoms with Gasteiger partial charge in [-0.05, 0) is 23.8 Å². The Morgan fingerprint density at radius 2 is 1.80 bits per heavy atom. The van der Waals surface area contributed by atoms with Crippen LogP contribution in [0.1, 0.15) is 11.1 Å². The van der Waals surface area contributed by atoms with Crippen molar-refractivity contribution < 1.29 is 9.90 Å². The molecular formula is C16H14BrNO2. The molecule has 1 atom stereocenters. The molecule has 2 aromatic carbocycles. The van der Waals surface area contributed by atoms with Crippen LogP contribution in [0.25, 0.3) is 0 Å². The molecule has 20 heavy (non-hydrogen) atoms. The third-order valence-electron chi connectivity index (χ3n) is 3.74. The lowest BCUT2D eigenvalue weighted by atomic mass is 9.88. The van der Waals surface area contributed by atoms with Crippen molar-refractivity contribution in [1.29, 1.82) is 0 Å². The zero-order valence-corrected chi connectivity index (χ0v) is 12.6. The smallest absolute Gasteiger partial charge is 0.263 e. The van der Waals surface area contributed by atoms with Crippen molar-refractivity contribution in [1.82, 2.24) is 0 Å². The zero-order valence-electron chi connectivity index (χ0n) is 11.0. The fourth-order valence-electron chi connectivity index (χ4n) is 2.69. The van der Waals surface area contributed by atoms with Gasteiger partial charge in [0.1, 0.15) is 0 Å². The fraction of sp³-hybridized carbons (Fsp3) is 0.188. The van der Waals surface area contributed by atoms with Crippen molar-refractivity contribution in [2.75, 3.05) is 11.9 Å². The van der Waals surface area contributed by atoms with Crippen LogP contribution in [-0.4, -0.2) is 18.1 Å². The maximum absolute atomic E-state index is 12.4. The maximum atomic E-state index is 12.4. The molecule has 4 heteroatoms. The molecule has 1 amide bonds. The minimum Gasteiger partial charge on any atom is -0.375 e. The number of fused-ring (bicyclic) bond motifs is 1. The van der Waals surface area contributed by atoms with E-state index < -0.39 is 5.60 Å². The SMILES string of the molecule is CN1C(=O)C(O)(Cc2ccc(Br)cc2)c2ccccc21. The van der Waals surface area contributed by atoms with Gasteiger partial charge in [0.05, 0.1) is 5.69 Å². The van der Waals surface area contributed by atoms with Crippen LogP contribution in [0.2, 0.25) is 0 Å². The molecule has 0 saturated heterocycles. The second kappa shape index (κ2) is 4.72. The first-order valence-corrected chi connectivity index (χ1v) is 7.16. The standard InChI is InChI=1S/C16H14BrNO2/c1-18-14-5-3-2-4-13(14)16(20,15(18)19)10-11-6-8-12(17)9-7-11/h2-9,20H,10H2,1H3. The zero-order chi connectivity index (χ0) is 14.3. The maximum Gasteiger partial charge on any atom is 0.263 e. The third kappa shape index (κ3) is 1.96. The van der Waals surface area contributed by atoms with Crippen molar-refractivity contribution in [3.05, 3.63) is 64.1 Å². The summed E-state index contributed by atoms with van der Waals surface area (Å²) in [5.74, 6) is -0.276. The van der Waals surface area contributed by atoms with Crippen molar-refractivity contribution >= 4 is 27.5 Å². The van der Waals surface area contributed by atoms with E-state index >= 15 is 0 Å². The Balaban J connectivity index is 2.03. The predicted molar refractivity (Wildman–Crippen MR) is 81.6 cm³/mol. The summed E-state index contributed by atoms with van der Waals surface area (Å²) in [5, 5.41) is 10.9. The first-order chi connectivity index (χ1) is 9.52. The van der Waals surface area contributed by atoms with Gasteiger partial charge in [-0.15, -0.1) is 0 Å². The van der Waals surface area contributed by atoms with Crippen LogP contribution in [0, 0.1) is 0 Å². The summed E-state index contributed by atoms with van der Waals surface area (Å²) in [6, 6.07) is 15.0. The molecule has 0 spiro atoms. The van der Waals surface area contributed by atoms with Gasteiger partial charge in [0, 0.05) is 23.5 Å². The number of nitrogens with zero attached hydrogens (tertiary/aromatic N) is 1. The van der Waals surface area contributed by atoms with E-state index in [1.165, 1.54) is 4.90 Å². The molecule has 1 aliphatic heterocycles. The summed E-state index contributed by atoms with van der Waals surface area (Å²) >= 11 is 3.38. The van der Waals surface area contributed by atoms with Gasteiger partial charge in [-0.2, -0.15) is 0 Å². The van der Waals surface area contributed by atoms with Gasteiger partial charge < -0.3 is 10.0 Å². The van der Waals surface area contributed by atoms with Crippen LogP contribution in [-0.2, 0) is 16.8 Å². The number of likely N-dealkylation sites (N-methyl/N-ethyl adjacent to an activating group) is 1. The Kier molecular flexibility index (Phi) is 3.15. The lowest BCUT2D eigenvalue weighted by Crippen LogP contribution is -2.40. The first kappa shape index (κ1) is 13.3. The highest BCUT2D eigenvalue weighted by Gasteiger charge is 2.48. The van der Waals surface area contributed by atoms with Crippen LogP contribution < -0.4 is 4.90 Å². The first-order valence-electron chi connectivity index (χ1n) is 6.37. The molecule has 1 N–H and O–H groups in total. The molecule has 0 fully saturated rings. The van der Waals surface area contributed by atoms with Crippen LogP contribution in [0.4, 0.5) is 5.69 Å². The molecule has 0 bridgehead atoms. The summed E-state index contributed by atoms with van der Waals surface area (Å²) < 4.78 is 0.975. The Bertz CT molecular complexity index is 668. The van der Waals surface area contributed by atoms with Gasteiger partial charge in [0.15, 0.2) is 5.60 Å². The van der Waals surface area contributed by atoms with Gasteiger partial charge in [0.25, 0.3) is 5.91 Å². The van der Waals surface area contributed by atoms with Gasteiger partial charge in [-0.1, -0.05) is 46.3 Å². The van der Waals surface area contributed by atoms with Crippen LogP contribution >= 0.6 is 15.9 Å². The number of anilines is 1. The van der Waals surface area contributed by atoms with Gasteiger partial charge >= 0.3 is 0 Å². The molecular weight excluding hydrogens is 318 g/mol. The summed E-state index contributed by atoms with van der Waals surface area (Å²) in [6.45, 7) is 0. The van der Waals surface area contributed by atoms with E-state index in [1.54, 1.807) is 7.05 Å². The number of benzene rings is 2. The van der Waals surface area contributed by atoms with E-state index in [-0.39, 0.29) is 12.3 Å². The minimum absolute atomic E-state index is 0.276. The number of halogens is 1. The number of rotatable bonds is 2. The molecule has 3 rings (SSSR count). The molecule has 0 radical (unpaired) electrons. The predicted octanol–water partition coefficient (Wildman–Crippen LogP) is 2.86. The monoisotopic (exact) mass is 331 g/mol. The Morgan fingerprint density at radius 1 is 1.15 bits per heavy atom. The Hall–Kier alpha value is -1.65. The van der Waals surface area contributed by atoms with Crippen molar-refractivity contribution in [2.24, 2.45) is 0 Å². The van der Waals surface area contributed by atoms with Crippen molar-refractivity contribution in [3.63, 3.8) is 0 Å². The molecule has 102 valence electrons. The number of aliphatic hydroxyl groups is 1. The molecule has 0 aromatic heterocycles. The van der Waals surface area contributed by atoms with E-state index in [2.05, 4.69) is 15.9 Å². The topological polar surface area (TPSA) is 40.5 Å². The molecule has 2 aromatic rings. The average Bonchev–Trinajstić information content (AvgIpc) is 2.65. The van der Waals surface area contributed by atoms with Crippen molar-refractivity contribution in [3.8, 4) is 0 Å². The summed E-state index contributed by atoms with van der Waals surface area (Å²) in [7, 11) is 1.70. The van der Waals surface area contributed by atoms with E-state index in [9.17, 15) is 9.90 Å². The number of carbonyl (C=O) groups excluding carboxylic acids is 1. The second-order valence-corrected chi connectivity index (χ2v) is 5.96. The molecule has 1 unspecified atom stereocenters. The summed E-state index contributed by atoms with van der Waals surface area (Å²) in [4.78, 5) is 13.9. The summed E-state index contributed by atoms with van der Waals surface area (Å²) in [5.41, 5.74) is 0.904. The molecule has 1 heterocycles. The number of hydrogen-bond donors (Lipinski definition) is 1. The highest BCUT2D eigenvalue weighted by Crippen LogP contribution is 2.41. The third-order valence-corrected chi connectivity index (χ3v) is 4.27. The number of amides is 1. The Morgan fingerprint density at radius 3 is 2.50 bits per heavy atom. The van der Waals surface area contributed by atoms with Crippen LogP contribution in [0.15, 0.2) is 53.0 Å². The minimum atomic E-state index is -1.47. The van der Waals surface area contributed by atoms with Gasteiger partial charge in [-0.3, -0.25) is 4.79 Å². The second-order valence-electron chi connectivity index (χ2n) is 5.04. The van der Waals surface area contributed by atoms with Crippen LogP contribution in [0.5, 0.6) is 0 Å². The van der Waals surface area contributed by atoms with Gasteiger partial charge in [-0.25, -0.2) is 0 Å². The van der Waals surface area contributed by atoms with E-state index in [1.807, 2.05) is 48.5 Å². The van der Waals surface area contributed by atoms with Crippen molar-refractivity contribution in [2.45, 2.75) is 12.0 Å². The summed E-state index contributed by atoms with van der Waals surface area (Å²) in [6.07, 6.45) is 0.278. The van der Waals surface area contributed by atoms with E-state index in [0.717, 1.165) is 15.7 Å².